The highest BCUT2D eigenvalue weighted by atomic mass is 16.8. The topological polar surface area (TPSA) is 234 Å². The zero-order valence-corrected chi connectivity index (χ0v) is 13.6. The smallest absolute Gasteiger partial charge is 0.189 e. The quantitative estimate of drug-likeness (QED) is 0.159. The van der Waals surface area contributed by atoms with Crippen molar-refractivity contribution in [3.63, 3.8) is 0 Å². The zero-order chi connectivity index (χ0) is 19.6. The molecule has 13 heteroatoms. The van der Waals surface area contributed by atoms with Crippen molar-refractivity contribution in [2.24, 2.45) is 16.5 Å². The molecule has 0 radical (unpaired) electrons. The summed E-state index contributed by atoms with van der Waals surface area (Å²) in [6, 6.07) is 0. The minimum absolute atomic E-state index is 0.248. The molecule has 2 aliphatic rings. The van der Waals surface area contributed by atoms with Gasteiger partial charge in [-0.3, -0.25) is 4.99 Å². The second kappa shape index (κ2) is 8.71. The summed E-state index contributed by atoms with van der Waals surface area (Å²) in [6.07, 6.45) is -15.5. The summed E-state index contributed by atoms with van der Waals surface area (Å²) in [7, 11) is 0. The number of hydrogen-bond acceptors (Lipinski definition) is 11. The predicted octanol–water partition coefficient (Wildman–Crippen LogP) is -6.12. The molecule has 0 aromatic carbocycles. The molecular formula is C13H25N3O10. The Morgan fingerprint density at radius 2 is 1.23 bits per heavy atom. The fraction of sp³-hybridized carbons (Fsp3) is 0.923. The van der Waals surface area contributed by atoms with E-state index in [0.717, 1.165) is 0 Å². The van der Waals surface area contributed by atoms with Crippen LogP contribution < -0.4 is 11.5 Å². The molecule has 0 saturated carbocycles. The van der Waals surface area contributed by atoms with Gasteiger partial charge in [-0.15, -0.1) is 0 Å². The zero-order valence-electron chi connectivity index (χ0n) is 13.6. The van der Waals surface area contributed by atoms with Crippen LogP contribution in [0.5, 0.6) is 0 Å². The number of aliphatic hydroxyl groups excluding tert-OH is 7. The molecule has 2 fully saturated rings. The van der Waals surface area contributed by atoms with Crippen molar-refractivity contribution in [3.8, 4) is 0 Å². The van der Waals surface area contributed by atoms with Crippen LogP contribution in [0.2, 0.25) is 0 Å². The van der Waals surface area contributed by atoms with Crippen LogP contribution in [0.25, 0.3) is 0 Å². The molecule has 2 heterocycles. The van der Waals surface area contributed by atoms with E-state index in [2.05, 4.69) is 4.99 Å². The van der Waals surface area contributed by atoms with Gasteiger partial charge in [-0.2, -0.15) is 0 Å². The molecule has 152 valence electrons. The van der Waals surface area contributed by atoms with Crippen molar-refractivity contribution < 1.29 is 50.0 Å². The van der Waals surface area contributed by atoms with Crippen molar-refractivity contribution in [2.75, 3.05) is 13.2 Å². The Labute approximate surface area is 148 Å². The van der Waals surface area contributed by atoms with Crippen LogP contribution in [0.3, 0.4) is 0 Å². The third-order valence-corrected chi connectivity index (χ3v) is 4.24. The minimum atomic E-state index is -1.73. The normalized spacial score (nSPS) is 46.7. The van der Waals surface area contributed by atoms with Gasteiger partial charge in [-0.05, 0) is 0 Å². The highest BCUT2D eigenvalue weighted by molar-refractivity contribution is 5.75. The fourth-order valence-corrected chi connectivity index (χ4v) is 2.69. The van der Waals surface area contributed by atoms with E-state index in [1.807, 2.05) is 0 Å². The summed E-state index contributed by atoms with van der Waals surface area (Å²) in [4.78, 5) is 3.65. The molecular weight excluding hydrogens is 358 g/mol. The summed E-state index contributed by atoms with van der Waals surface area (Å²) in [5.74, 6) is -0.284. The van der Waals surface area contributed by atoms with E-state index in [9.17, 15) is 30.6 Å². The first kappa shape index (κ1) is 21.2. The molecule has 0 aromatic heterocycles. The number of aliphatic imine (C=N–C) groups is 1. The third kappa shape index (κ3) is 4.40. The second-order valence-corrected chi connectivity index (χ2v) is 6.11. The number of guanidine groups is 1. The van der Waals surface area contributed by atoms with Gasteiger partial charge < -0.3 is 61.4 Å². The van der Waals surface area contributed by atoms with E-state index in [0.29, 0.717) is 0 Å². The van der Waals surface area contributed by atoms with Crippen LogP contribution >= 0.6 is 0 Å². The van der Waals surface area contributed by atoms with Crippen LogP contribution in [0.15, 0.2) is 4.99 Å². The Morgan fingerprint density at radius 3 is 1.69 bits per heavy atom. The Balaban J connectivity index is 2.09. The van der Waals surface area contributed by atoms with Gasteiger partial charge in [0.1, 0.15) is 48.8 Å². The molecule has 0 aliphatic carbocycles. The molecule has 11 N–H and O–H groups in total. The van der Waals surface area contributed by atoms with Gasteiger partial charge in [0.05, 0.1) is 13.2 Å². The molecule has 0 aromatic rings. The molecule has 13 nitrogen and oxygen atoms in total. The van der Waals surface area contributed by atoms with Crippen molar-refractivity contribution in [2.45, 2.75) is 61.4 Å². The highest BCUT2D eigenvalue weighted by Gasteiger charge is 2.49. The average Bonchev–Trinajstić information content (AvgIpc) is 2.61. The third-order valence-electron chi connectivity index (χ3n) is 4.24. The monoisotopic (exact) mass is 383 g/mol. The van der Waals surface area contributed by atoms with Gasteiger partial charge in [0, 0.05) is 0 Å². The number of nitrogens with zero attached hydrogens (tertiary/aromatic N) is 1. The van der Waals surface area contributed by atoms with Crippen molar-refractivity contribution in [1.82, 2.24) is 0 Å². The lowest BCUT2D eigenvalue weighted by Crippen LogP contribution is -2.63. The maximum atomic E-state index is 10.0. The summed E-state index contributed by atoms with van der Waals surface area (Å²) >= 11 is 0. The van der Waals surface area contributed by atoms with Gasteiger partial charge in [0.25, 0.3) is 0 Å². The fourth-order valence-electron chi connectivity index (χ4n) is 2.69. The molecule has 26 heavy (non-hydrogen) atoms. The lowest BCUT2D eigenvalue weighted by Gasteiger charge is -2.44. The van der Waals surface area contributed by atoms with E-state index in [-0.39, 0.29) is 12.5 Å². The molecule has 2 rings (SSSR count). The van der Waals surface area contributed by atoms with E-state index in [4.69, 9.17) is 30.8 Å². The molecule has 0 bridgehead atoms. The van der Waals surface area contributed by atoms with Gasteiger partial charge in [0.15, 0.2) is 18.5 Å². The van der Waals surface area contributed by atoms with E-state index in [1.54, 1.807) is 0 Å². The van der Waals surface area contributed by atoms with Crippen molar-refractivity contribution >= 4 is 5.96 Å². The van der Waals surface area contributed by atoms with Gasteiger partial charge in [0.2, 0.25) is 0 Å². The summed E-state index contributed by atoms with van der Waals surface area (Å²) in [5, 5.41) is 68.5. The number of hydrogen-bond donors (Lipinski definition) is 9. The Morgan fingerprint density at radius 1 is 0.769 bits per heavy atom. The molecule has 0 amide bonds. The largest absolute Gasteiger partial charge is 0.394 e. The lowest BCUT2D eigenvalue weighted by atomic mass is 9.98. The Bertz CT molecular complexity index is 491. The van der Waals surface area contributed by atoms with Crippen LogP contribution in [-0.2, 0) is 14.2 Å². The van der Waals surface area contributed by atoms with Crippen LogP contribution in [0.4, 0.5) is 0 Å². The number of aliphatic hydroxyl groups is 7. The Hall–Kier alpha value is -1.13. The van der Waals surface area contributed by atoms with E-state index < -0.39 is 68.0 Å². The summed E-state index contributed by atoms with van der Waals surface area (Å²) < 4.78 is 15.7. The van der Waals surface area contributed by atoms with E-state index >= 15 is 0 Å². The minimum Gasteiger partial charge on any atom is -0.394 e. The predicted molar refractivity (Wildman–Crippen MR) is 82.2 cm³/mol. The lowest BCUT2D eigenvalue weighted by molar-refractivity contribution is -0.374. The van der Waals surface area contributed by atoms with Gasteiger partial charge in [-0.1, -0.05) is 0 Å². The van der Waals surface area contributed by atoms with Crippen LogP contribution in [0.1, 0.15) is 0 Å². The van der Waals surface area contributed by atoms with Crippen molar-refractivity contribution in [1.29, 1.82) is 0 Å². The first-order chi connectivity index (χ1) is 12.2. The van der Waals surface area contributed by atoms with Crippen LogP contribution in [-0.4, -0.2) is 116 Å². The molecule has 2 aliphatic heterocycles. The van der Waals surface area contributed by atoms with Crippen LogP contribution in [0, 0.1) is 0 Å². The maximum Gasteiger partial charge on any atom is 0.189 e. The number of rotatable bonds is 5. The highest BCUT2D eigenvalue weighted by Crippen LogP contribution is 2.28. The number of ether oxygens (including phenoxy) is 3. The first-order valence-electron chi connectivity index (χ1n) is 7.88. The molecule has 2 saturated heterocycles. The standard InChI is InChI=1S/C13H25N3O10/c14-13(15)16-1-3-5(18)7(20)9(22)11(24-3)26-12-10(23)8(21)6(19)4(2-17)25-12/h3-12,17-23H,1-2H2,(H4,14,15,16)/t3-,4-,5-,6+,7+,8-,9-,10+,11-,12+/m1/s1. The van der Waals surface area contributed by atoms with Gasteiger partial charge in [-0.25, -0.2) is 0 Å². The number of nitrogens with two attached hydrogens (primary N) is 2. The second-order valence-electron chi connectivity index (χ2n) is 6.11. The van der Waals surface area contributed by atoms with Gasteiger partial charge >= 0.3 is 0 Å². The molecule has 10 atom stereocenters. The first-order valence-corrected chi connectivity index (χ1v) is 7.88. The Kier molecular flexibility index (Phi) is 7.09. The van der Waals surface area contributed by atoms with E-state index in [1.165, 1.54) is 0 Å². The average molecular weight is 383 g/mol. The summed E-state index contributed by atoms with van der Waals surface area (Å²) in [5.41, 5.74) is 10.4. The van der Waals surface area contributed by atoms with Crippen molar-refractivity contribution in [3.05, 3.63) is 0 Å². The summed E-state index contributed by atoms with van der Waals surface area (Å²) in [6.45, 7) is -0.921. The maximum absolute atomic E-state index is 10.0. The molecule has 0 unspecified atom stereocenters. The SMILES string of the molecule is NC(N)=NC[C@H]1O[C@H](O[C@@H]2O[C@H](CO)[C@H](O)[C@@H](O)[C@@H]2O)[C@H](O)[C@@H](O)[C@@H]1O. The molecule has 0 spiro atoms.